The first-order valence-corrected chi connectivity index (χ1v) is 13.7. The third-order valence-electron chi connectivity index (χ3n) is 5.36. The van der Waals surface area contributed by atoms with Crippen LogP contribution in [0.5, 0.6) is 0 Å². The Bertz CT molecular complexity index is 1200. The Morgan fingerprint density at radius 2 is 1.73 bits per heavy atom. The van der Waals surface area contributed by atoms with Crippen LogP contribution in [0.25, 0.3) is 0 Å². The lowest BCUT2D eigenvalue weighted by Crippen LogP contribution is -2.49. The molecule has 0 aromatic heterocycles. The van der Waals surface area contributed by atoms with Gasteiger partial charge in [0.15, 0.2) is 0 Å². The summed E-state index contributed by atoms with van der Waals surface area (Å²) in [6, 6.07) is 12.5. The van der Waals surface area contributed by atoms with Gasteiger partial charge in [-0.2, -0.15) is 4.31 Å². The standard InChI is InChI=1S/C22H27N3O6S2/c1-16-8-10-20(11-9-16)33(30,31)25-14-18(24-32(2,28)29)13-21(25)22(27)23-19(15-26)12-17-6-4-3-5-7-17/h3-11,15,18-19,21,24H,12-14H2,1-2H3,(H,23,27)/t18-,19+,21+/m1/s1. The van der Waals surface area contributed by atoms with E-state index in [1.807, 2.05) is 37.3 Å². The molecule has 1 heterocycles. The van der Waals surface area contributed by atoms with Crippen LogP contribution in [0.4, 0.5) is 0 Å². The van der Waals surface area contributed by atoms with Gasteiger partial charge in [0.05, 0.1) is 17.2 Å². The number of amides is 1. The van der Waals surface area contributed by atoms with E-state index in [-0.39, 0.29) is 24.3 Å². The van der Waals surface area contributed by atoms with Crippen molar-refractivity contribution in [2.75, 3.05) is 12.8 Å². The summed E-state index contributed by atoms with van der Waals surface area (Å²) in [5, 5.41) is 2.61. The molecule has 1 amide bonds. The molecule has 0 spiro atoms. The first kappa shape index (κ1) is 25.0. The average Bonchev–Trinajstić information content (AvgIpc) is 3.17. The van der Waals surface area contributed by atoms with E-state index in [2.05, 4.69) is 10.0 Å². The molecule has 178 valence electrons. The molecule has 1 aliphatic heterocycles. The van der Waals surface area contributed by atoms with Crippen molar-refractivity contribution in [3.8, 4) is 0 Å². The molecule has 0 radical (unpaired) electrons. The monoisotopic (exact) mass is 493 g/mol. The highest BCUT2D eigenvalue weighted by Gasteiger charge is 2.45. The van der Waals surface area contributed by atoms with E-state index in [0.29, 0.717) is 6.29 Å². The third-order valence-corrected chi connectivity index (χ3v) is 8.01. The van der Waals surface area contributed by atoms with Gasteiger partial charge in [0.2, 0.25) is 26.0 Å². The van der Waals surface area contributed by atoms with Crippen molar-refractivity contribution in [2.24, 2.45) is 0 Å². The quantitative estimate of drug-likeness (QED) is 0.492. The van der Waals surface area contributed by atoms with Crippen LogP contribution >= 0.6 is 0 Å². The summed E-state index contributed by atoms with van der Waals surface area (Å²) in [5.74, 6) is -0.656. The van der Waals surface area contributed by atoms with Crippen molar-refractivity contribution >= 4 is 32.2 Å². The van der Waals surface area contributed by atoms with Gasteiger partial charge in [-0.25, -0.2) is 21.6 Å². The third kappa shape index (κ3) is 6.47. The van der Waals surface area contributed by atoms with E-state index in [1.54, 1.807) is 12.1 Å². The second-order valence-electron chi connectivity index (χ2n) is 8.17. The predicted octanol–water partition coefficient (Wildman–Crippen LogP) is 0.602. The fourth-order valence-corrected chi connectivity index (χ4v) is 6.24. The molecule has 0 unspecified atom stereocenters. The van der Waals surface area contributed by atoms with Crippen LogP contribution in [0.15, 0.2) is 59.5 Å². The van der Waals surface area contributed by atoms with Gasteiger partial charge >= 0.3 is 0 Å². The Labute approximate surface area is 194 Å². The second-order valence-corrected chi connectivity index (χ2v) is 11.8. The Morgan fingerprint density at radius 1 is 1.09 bits per heavy atom. The molecule has 33 heavy (non-hydrogen) atoms. The maximum atomic E-state index is 13.3. The fourth-order valence-electron chi connectivity index (χ4n) is 3.82. The lowest BCUT2D eigenvalue weighted by atomic mass is 10.1. The highest BCUT2D eigenvalue weighted by Crippen LogP contribution is 2.27. The molecule has 1 aliphatic rings. The number of hydrogen-bond acceptors (Lipinski definition) is 6. The molecular weight excluding hydrogens is 466 g/mol. The summed E-state index contributed by atoms with van der Waals surface area (Å²) in [6.45, 7) is 1.62. The lowest BCUT2D eigenvalue weighted by molar-refractivity contribution is -0.126. The number of nitrogens with one attached hydrogen (secondary N) is 2. The van der Waals surface area contributed by atoms with Gasteiger partial charge in [-0.1, -0.05) is 48.0 Å². The van der Waals surface area contributed by atoms with Crippen molar-refractivity contribution in [3.63, 3.8) is 0 Å². The van der Waals surface area contributed by atoms with E-state index in [1.165, 1.54) is 12.1 Å². The molecule has 9 nitrogen and oxygen atoms in total. The summed E-state index contributed by atoms with van der Waals surface area (Å²) in [7, 11) is -7.71. The summed E-state index contributed by atoms with van der Waals surface area (Å²) < 4.78 is 53.5. The summed E-state index contributed by atoms with van der Waals surface area (Å²) >= 11 is 0. The highest BCUT2D eigenvalue weighted by atomic mass is 32.2. The summed E-state index contributed by atoms with van der Waals surface area (Å²) in [5.41, 5.74) is 1.71. The summed E-state index contributed by atoms with van der Waals surface area (Å²) in [6.07, 6.45) is 1.77. The van der Waals surface area contributed by atoms with Crippen LogP contribution in [0, 0.1) is 6.92 Å². The highest BCUT2D eigenvalue weighted by molar-refractivity contribution is 7.89. The van der Waals surface area contributed by atoms with E-state index < -0.39 is 44.1 Å². The molecule has 2 N–H and O–H groups in total. The number of carbonyl (C=O) groups is 2. The minimum absolute atomic E-state index is 0.00197. The van der Waals surface area contributed by atoms with Gasteiger partial charge in [0.1, 0.15) is 12.3 Å². The molecule has 0 saturated carbocycles. The molecule has 11 heteroatoms. The molecule has 0 aliphatic carbocycles. The van der Waals surface area contributed by atoms with Crippen molar-refractivity contribution in [2.45, 2.75) is 42.8 Å². The topological polar surface area (TPSA) is 130 Å². The molecular formula is C22H27N3O6S2. The Morgan fingerprint density at radius 3 is 2.30 bits per heavy atom. The lowest BCUT2D eigenvalue weighted by Gasteiger charge is -2.24. The minimum Gasteiger partial charge on any atom is -0.345 e. The van der Waals surface area contributed by atoms with Gasteiger partial charge < -0.3 is 10.1 Å². The smallest absolute Gasteiger partial charge is 0.243 e. The maximum absolute atomic E-state index is 13.3. The second kappa shape index (κ2) is 10.1. The predicted molar refractivity (Wildman–Crippen MR) is 123 cm³/mol. The Balaban J connectivity index is 1.85. The van der Waals surface area contributed by atoms with E-state index >= 15 is 0 Å². The van der Waals surface area contributed by atoms with Crippen LogP contribution in [0.1, 0.15) is 17.5 Å². The number of carbonyl (C=O) groups excluding carboxylic acids is 2. The normalized spacial score (nSPS) is 20.3. The van der Waals surface area contributed by atoms with Crippen LogP contribution in [-0.2, 0) is 36.1 Å². The Hall–Kier alpha value is -2.60. The van der Waals surface area contributed by atoms with Gasteiger partial charge in [0.25, 0.3) is 0 Å². The van der Waals surface area contributed by atoms with Crippen molar-refractivity contribution in [1.82, 2.24) is 14.3 Å². The Kier molecular flexibility index (Phi) is 7.68. The van der Waals surface area contributed by atoms with Gasteiger partial charge in [-0.15, -0.1) is 0 Å². The summed E-state index contributed by atoms with van der Waals surface area (Å²) in [4.78, 5) is 24.7. The first-order valence-electron chi connectivity index (χ1n) is 10.3. The number of sulfonamides is 2. The number of nitrogens with zero attached hydrogens (tertiary/aromatic N) is 1. The van der Waals surface area contributed by atoms with Crippen LogP contribution < -0.4 is 10.0 Å². The largest absolute Gasteiger partial charge is 0.345 e. The van der Waals surface area contributed by atoms with Crippen molar-refractivity contribution in [1.29, 1.82) is 0 Å². The van der Waals surface area contributed by atoms with Crippen LogP contribution in [0.3, 0.4) is 0 Å². The zero-order valence-corrected chi connectivity index (χ0v) is 20.0. The van der Waals surface area contributed by atoms with E-state index in [9.17, 15) is 26.4 Å². The molecule has 2 aromatic carbocycles. The zero-order chi connectivity index (χ0) is 24.2. The maximum Gasteiger partial charge on any atom is 0.243 e. The molecule has 2 aromatic rings. The van der Waals surface area contributed by atoms with Gasteiger partial charge in [-0.3, -0.25) is 4.79 Å². The minimum atomic E-state index is -4.09. The van der Waals surface area contributed by atoms with E-state index in [0.717, 1.165) is 21.7 Å². The number of rotatable bonds is 9. The van der Waals surface area contributed by atoms with Gasteiger partial charge in [0, 0.05) is 12.6 Å². The van der Waals surface area contributed by atoms with Crippen molar-refractivity contribution in [3.05, 3.63) is 65.7 Å². The average molecular weight is 494 g/mol. The molecule has 3 rings (SSSR count). The zero-order valence-electron chi connectivity index (χ0n) is 18.3. The number of benzene rings is 2. The van der Waals surface area contributed by atoms with Crippen LogP contribution in [0.2, 0.25) is 0 Å². The molecule has 1 saturated heterocycles. The molecule has 0 bridgehead atoms. The van der Waals surface area contributed by atoms with Crippen molar-refractivity contribution < 1.29 is 26.4 Å². The van der Waals surface area contributed by atoms with Gasteiger partial charge in [-0.05, 0) is 37.5 Å². The molecule has 1 fully saturated rings. The number of aldehydes is 1. The number of hydrogen-bond donors (Lipinski definition) is 2. The molecule has 3 atom stereocenters. The fraction of sp³-hybridized carbons (Fsp3) is 0.364. The first-order chi connectivity index (χ1) is 15.5. The SMILES string of the molecule is Cc1ccc(S(=O)(=O)N2C[C@H](NS(C)(=O)=O)C[C@H]2C(=O)N[C@H](C=O)Cc2ccccc2)cc1. The van der Waals surface area contributed by atoms with Crippen LogP contribution in [-0.4, -0.2) is 64.3 Å². The number of aryl methyl sites for hydroxylation is 1. The van der Waals surface area contributed by atoms with E-state index in [4.69, 9.17) is 0 Å².